The fourth-order valence-corrected chi connectivity index (χ4v) is 3.23. The van der Waals surface area contributed by atoms with E-state index in [-0.39, 0.29) is 0 Å². The third-order valence-corrected chi connectivity index (χ3v) is 4.67. The van der Waals surface area contributed by atoms with Crippen LogP contribution in [0, 0.1) is 17.8 Å². The molecule has 1 aromatic rings. The maximum atomic E-state index is 3.83. The summed E-state index contributed by atoms with van der Waals surface area (Å²) in [5.41, 5.74) is 1.45. The highest BCUT2D eigenvalue weighted by atomic mass is 14.9. The third-order valence-electron chi connectivity index (χ3n) is 4.67. The van der Waals surface area contributed by atoms with Gasteiger partial charge in [0, 0.05) is 6.04 Å². The van der Waals surface area contributed by atoms with Crippen molar-refractivity contribution in [3.05, 3.63) is 35.9 Å². The van der Waals surface area contributed by atoms with Gasteiger partial charge in [0.15, 0.2) is 0 Å². The van der Waals surface area contributed by atoms with Gasteiger partial charge in [-0.3, -0.25) is 0 Å². The molecule has 0 amide bonds. The molecule has 1 atom stereocenters. The lowest BCUT2D eigenvalue weighted by Gasteiger charge is -2.22. The van der Waals surface area contributed by atoms with E-state index < -0.39 is 0 Å². The molecule has 98 valence electrons. The fourth-order valence-electron chi connectivity index (χ4n) is 3.23. The molecular formula is C17H25N. The molecule has 0 spiro atoms. The first-order chi connectivity index (χ1) is 8.88. The minimum absolute atomic E-state index is 0.547. The molecule has 2 fully saturated rings. The lowest BCUT2D eigenvalue weighted by Crippen LogP contribution is -2.29. The van der Waals surface area contributed by atoms with Gasteiger partial charge < -0.3 is 5.32 Å². The lowest BCUT2D eigenvalue weighted by atomic mass is 9.96. The summed E-state index contributed by atoms with van der Waals surface area (Å²) >= 11 is 0. The van der Waals surface area contributed by atoms with Gasteiger partial charge in [0.1, 0.15) is 0 Å². The van der Waals surface area contributed by atoms with E-state index in [1.165, 1.54) is 44.2 Å². The van der Waals surface area contributed by atoms with Crippen molar-refractivity contribution in [2.75, 3.05) is 6.54 Å². The average molecular weight is 243 g/mol. The largest absolute Gasteiger partial charge is 0.310 e. The van der Waals surface area contributed by atoms with E-state index in [0.717, 1.165) is 17.8 Å². The molecule has 0 aromatic heterocycles. The Morgan fingerprint density at radius 2 is 1.67 bits per heavy atom. The van der Waals surface area contributed by atoms with Crippen molar-refractivity contribution in [3.63, 3.8) is 0 Å². The number of hydrogen-bond acceptors (Lipinski definition) is 1. The minimum atomic E-state index is 0.547. The van der Waals surface area contributed by atoms with Gasteiger partial charge in [0.2, 0.25) is 0 Å². The molecule has 0 radical (unpaired) electrons. The molecule has 1 N–H and O–H groups in total. The first-order valence-electron chi connectivity index (χ1n) is 7.66. The molecule has 0 bridgehead atoms. The van der Waals surface area contributed by atoms with E-state index in [1.807, 2.05) is 0 Å². The van der Waals surface area contributed by atoms with Crippen molar-refractivity contribution in [1.29, 1.82) is 0 Å². The van der Waals surface area contributed by atoms with Crippen LogP contribution in [-0.4, -0.2) is 6.54 Å². The summed E-state index contributed by atoms with van der Waals surface area (Å²) in [4.78, 5) is 0. The zero-order valence-electron chi connectivity index (χ0n) is 11.4. The van der Waals surface area contributed by atoms with Crippen LogP contribution >= 0.6 is 0 Å². The van der Waals surface area contributed by atoms with E-state index in [9.17, 15) is 0 Å². The molecular weight excluding hydrogens is 218 g/mol. The summed E-state index contributed by atoms with van der Waals surface area (Å²) in [6.45, 7) is 3.52. The Hall–Kier alpha value is -0.820. The second-order valence-corrected chi connectivity index (χ2v) is 6.12. The second-order valence-electron chi connectivity index (χ2n) is 6.12. The second kappa shape index (κ2) is 5.44. The van der Waals surface area contributed by atoms with Crippen molar-refractivity contribution < 1.29 is 0 Å². The van der Waals surface area contributed by atoms with E-state index in [4.69, 9.17) is 0 Å². The van der Waals surface area contributed by atoms with E-state index in [1.54, 1.807) is 0 Å². The topological polar surface area (TPSA) is 12.0 Å². The van der Waals surface area contributed by atoms with Crippen LogP contribution in [0.2, 0.25) is 0 Å². The van der Waals surface area contributed by atoms with Crippen LogP contribution in [0.15, 0.2) is 30.3 Å². The Morgan fingerprint density at radius 3 is 2.17 bits per heavy atom. The van der Waals surface area contributed by atoms with Gasteiger partial charge in [-0.15, -0.1) is 0 Å². The monoisotopic (exact) mass is 243 g/mol. The molecule has 0 aliphatic heterocycles. The summed E-state index contributed by atoms with van der Waals surface area (Å²) in [5.74, 6) is 3.08. The Balaban J connectivity index is 1.56. The Kier molecular flexibility index (Phi) is 3.69. The van der Waals surface area contributed by atoms with E-state index >= 15 is 0 Å². The quantitative estimate of drug-likeness (QED) is 0.758. The van der Waals surface area contributed by atoms with Gasteiger partial charge in [-0.25, -0.2) is 0 Å². The van der Waals surface area contributed by atoms with Gasteiger partial charge >= 0.3 is 0 Å². The van der Waals surface area contributed by atoms with Gasteiger partial charge in [0.05, 0.1) is 0 Å². The first-order valence-corrected chi connectivity index (χ1v) is 7.66. The van der Waals surface area contributed by atoms with Crippen molar-refractivity contribution >= 4 is 0 Å². The minimum Gasteiger partial charge on any atom is -0.310 e. The standard InChI is InChI=1S/C17H25N/c1-2-17(15-6-4-3-5-7-15)18-12-16(13-8-9-13)14-10-11-14/h3-7,13-14,16-18H,2,8-12H2,1H3. The predicted molar refractivity (Wildman–Crippen MR) is 76.4 cm³/mol. The number of benzene rings is 1. The van der Waals surface area contributed by atoms with Crippen LogP contribution in [0.5, 0.6) is 0 Å². The zero-order chi connectivity index (χ0) is 12.4. The smallest absolute Gasteiger partial charge is 0.0317 e. The summed E-state index contributed by atoms with van der Waals surface area (Å²) in [5, 5.41) is 3.83. The molecule has 1 nitrogen and oxygen atoms in total. The molecule has 1 unspecified atom stereocenters. The Labute approximate surface area is 111 Å². The van der Waals surface area contributed by atoms with Crippen LogP contribution in [-0.2, 0) is 0 Å². The molecule has 2 aliphatic rings. The maximum Gasteiger partial charge on any atom is 0.0317 e. The molecule has 1 heteroatoms. The van der Waals surface area contributed by atoms with Crippen LogP contribution in [0.3, 0.4) is 0 Å². The molecule has 2 aliphatic carbocycles. The Bertz CT molecular complexity index is 352. The number of hydrogen-bond donors (Lipinski definition) is 1. The van der Waals surface area contributed by atoms with Crippen LogP contribution < -0.4 is 5.32 Å². The summed E-state index contributed by atoms with van der Waals surface area (Å²) in [6, 6.07) is 11.5. The highest BCUT2D eigenvalue weighted by molar-refractivity contribution is 5.18. The van der Waals surface area contributed by atoms with Gasteiger partial charge in [0.25, 0.3) is 0 Å². The summed E-state index contributed by atoms with van der Waals surface area (Å²) in [6.07, 6.45) is 7.15. The van der Waals surface area contributed by atoms with Crippen molar-refractivity contribution in [3.8, 4) is 0 Å². The van der Waals surface area contributed by atoms with E-state index in [0.29, 0.717) is 6.04 Å². The summed E-state index contributed by atoms with van der Waals surface area (Å²) < 4.78 is 0. The first kappa shape index (κ1) is 12.2. The van der Waals surface area contributed by atoms with Crippen LogP contribution in [0.25, 0.3) is 0 Å². The van der Waals surface area contributed by atoms with Crippen LogP contribution in [0.4, 0.5) is 0 Å². The summed E-state index contributed by atoms with van der Waals surface area (Å²) in [7, 11) is 0. The molecule has 18 heavy (non-hydrogen) atoms. The number of nitrogens with one attached hydrogen (secondary N) is 1. The maximum absolute atomic E-state index is 3.83. The van der Waals surface area contributed by atoms with Crippen molar-refractivity contribution in [2.45, 2.75) is 45.1 Å². The third kappa shape index (κ3) is 2.95. The average Bonchev–Trinajstić information content (AvgIpc) is 3.29. The lowest BCUT2D eigenvalue weighted by molar-refractivity contribution is 0.353. The highest BCUT2D eigenvalue weighted by Crippen LogP contribution is 2.49. The molecule has 0 heterocycles. The molecule has 3 rings (SSSR count). The van der Waals surface area contributed by atoms with Crippen molar-refractivity contribution in [1.82, 2.24) is 5.32 Å². The van der Waals surface area contributed by atoms with Gasteiger partial charge in [-0.2, -0.15) is 0 Å². The van der Waals surface area contributed by atoms with Gasteiger partial charge in [-0.1, -0.05) is 37.3 Å². The molecule has 2 saturated carbocycles. The van der Waals surface area contributed by atoms with E-state index in [2.05, 4.69) is 42.6 Å². The zero-order valence-corrected chi connectivity index (χ0v) is 11.4. The predicted octanol–water partition coefficient (Wildman–Crippen LogP) is 4.16. The van der Waals surface area contributed by atoms with Crippen LogP contribution in [0.1, 0.15) is 50.6 Å². The van der Waals surface area contributed by atoms with Gasteiger partial charge in [-0.05, 0) is 62.0 Å². The molecule has 1 aromatic carbocycles. The number of rotatable bonds is 7. The Morgan fingerprint density at radius 1 is 1.06 bits per heavy atom. The fraction of sp³-hybridized carbons (Fsp3) is 0.647. The normalized spacial score (nSPS) is 21.2. The SMILES string of the molecule is CCC(NCC(C1CC1)C1CC1)c1ccccc1. The van der Waals surface area contributed by atoms with Crippen molar-refractivity contribution in [2.24, 2.45) is 17.8 Å². The molecule has 0 saturated heterocycles. The highest BCUT2D eigenvalue weighted by Gasteiger charge is 2.41.